The Labute approximate surface area is 127 Å². The van der Waals surface area contributed by atoms with E-state index < -0.39 is 0 Å². The Morgan fingerprint density at radius 2 is 2.15 bits per heavy atom. The molecule has 3 heteroatoms. The number of ether oxygens (including phenoxy) is 1. The third-order valence-electron chi connectivity index (χ3n) is 4.08. The summed E-state index contributed by atoms with van der Waals surface area (Å²) >= 11 is 6.34. The fourth-order valence-electron chi connectivity index (χ4n) is 2.98. The molecule has 112 valence electrons. The molecule has 1 saturated carbocycles. The first-order valence-electron chi connectivity index (χ1n) is 7.81. The number of hydrogen-bond acceptors (Lipinski definition) is 2. The zero-order valence-corrected chi connectivity index (χ0v) is 13.3. The van der Waals surface area contributed by atoms with Crippen LogP contribution in [-0.4, -0.2) is 19.2 Å². The number of likely N-dealkylation sites (N-methyl/N-ethyl adjacent to an activating group) is 1. The van der Waals surface area contributed by atoms with Crippen molar-refractivity contribution in [1.29, 1.82) is 0 Å². The summed E-state index contributed by atoms with van der Waals surface area (Å²) in [5.41, 5.74) is 1.10. The van der Waals surface area contributed by atoms with E-state index in [2.05, 4.69) is 25.2 Å². The van der Waals surface area contributed by atoms with E-state index in [1.807, 2.05) is 18.2 Å². The monoisotopic (exact) mass is 295 g/mol. The van der Waals surface area contributed by atoms with Gasteiger partial charge in [0.25, 0.3) is 0 Å². The molecule has 1 fully saturated rings. The van der Waals surface area contributed by atoms with Crippen LogP contribution in [-0.2, 0) is 4.74 Å². The summed E-state index contributed by atoms with van der Waals surface area (Å²) in [7, 11) is 0. The molecule has 0 heterocycles. The highest BCUT2D eigenvalue weighted by Crippen LogP contribution is 2.32. The minimum Gasteiger partial charge on any atom is -0.369 e. The molecule has 1 N–H and O–H groups in total. The van der Waals surface area contributed by atoms with Gasteiger partial charge >= 0.3 is 0 Å². The summed E-state index contributed by atoms with van der Waals surface area (Å²) in [6, 6.07) is 8.03. The molecule has 2 rings (SSSR count). The molecule has 1 aromatic carbocycles. The Hall–Kier alpha value is -0.570. The lowest BCUT2D eigenvalue weighted by Crippen LogP contribution is -2.29. The second kappa shape index (κ2) is 8.02. The molecule has 0 amide bonds. The molecule has 0 spiro atoms. The van der Waals surface area contributed by atoms with E-state index in [1.165, 1.54) is 25.7 Å². The van der Waals surface area contributed by atoms with E-state index in [4.69, 9.17) is 16.3 Å². The lowest BCUT2D eigenvalue weighted by Gasteiger charge is -2.31. The Bertz CT molecular complexity index is 410. The van der Waals surface area contributed by atoms with Gasteiger partial charge in [0.15, 0.2) is 0 Å². The van der Waals surface area contributed by atoms with Gasteiger partial charge in [-0.25, -0.2) is 0 Å². The van der Waals surface area contributed by atoms with Crippen LogP contribution in [0, 0.1) is 5.92 Å². The molecular formula is C17H26ClNO. The standard InChI is InChI=1S/C17H26ClNO/c1-3-19-12-17(15-9-4-5-10-16(15)18)20-14-8-6-7-13(2)11-14/h4-5,9-10,13-14,17,19H,3,6-8,11-12H2,1-2H3. The average molecular weight is 296 g/mol. The topological polar surface area (TPSA) is 21.3 Å². The first-order chi connectivity index (χ1) is 9.70. The lowest BCUT2D eigenvalue weighted by molar-refractivity contribution is -0.0392. The number of nitrogens with one attached hydrogen (secondary N) is 1. The smallest absolute Gasteiger partial charge is 0.0967 e. The molecule has 0 saturated heterocycles. The van der Waals surface area contributed by atoms with Gasteiger partial charge < -0.3 is 10.1 Å². The second-order valence-electron chi connectivity index (χ2n) is 5.85. The Balaban J connectivity index is 2.05. The van der Waals surface area contributed by atoms with Crippen LogP contribution in [0.3, 0.4) is 0 Å². The minimum absolute atomic E-state index is 0.0546. The summed E-state index contributed by atoms with van der Waals surface area (Å²) in [4.78, 5) is 0. The summed E-state index contributed by atoms with van der Waals surface area (Å²) in [5, 5.41) is 4.20. The molecule has 3 unspecified atom stereocenters. The maximum absolute atomic E-state index is 6.38. The largest absolute Gasteiger partial charge is 0.369 e. The molecule has 20 heavy (non-hydrogen) atoms. The van der Waals surface area contributed by atoms with Crippen LogP contribution < -0.4 is 5.32 Å². The third-order valence-corrected chi connectivity index (χ3v) is 4.42. The zero-order valence-electron chi connectivity index (χ0n) is 12.6. The highest BCUT2D eigenvalue weighted by molar-refractivity contribution is 6.31. The van der Waals surface area contributed by atoms with Gasteiger partial charge in [0, 0.05) is 17.1 Å². The van der Waals surface area contributed by atoms with E-state index in [0.717, 1.165) is 29.6 Å². The molecule has 1 aliphatic rings. The zero-order chi connectivity index (χ0) is 14.4. The summed E-state index contributed by atoms with van der Waals surface area (Å²) < 4.78 is 6.38. The van der Waals surface area contributed by atoms with Crippen LogP contribution >= 0.6 is 11.6 Å². The molecule has 3 atom stereocenters. The van der Waals surface area contributed by atoms with E-state index in [0.29, 0.717) is 6.10 Å². The van der Waals surface area contributed by atoms with Gasteiger partial charge in [-0.1, -0.05) is 56.5 Å². The van der Waals surface area contributed by atoms with Crippen molar-refractivity contribution in [3.63, 3.8) is 0 Å². The van der Waals surface area contributed by atoms with Crippen LogP contribution in [0.2, 0.25) is 5.02 Å². The molecular weight excluding hydrogens is 270 g/mol. The van der Waals surface area contributed by atoms with Gasteiger partial charge in [0.05, 0.1) is 12.2 Å². The molecule has 0 bridgehead atoms. The normalized spacial score (nSPS) is 24.6. The van der Waals surface area contributed by atoms with Crippen LogP contribution in [0.25, 0.3) is 0 Å². The summed E-state index contributed by atoms with van der Waals surface area (Å²) in [5.74, 6) is 0.778. The Morgan fingerprint density at radius 1 is 1.35 bits per heavy atom. The highest BCUT2D eigenvalue weighted by Gasteiger charge is 2.24. The van der Waals surface area contributed by atoms with Crippen molar-refractivity contribution in [2.24, 2.45) is 5.92 Å². The van der Waals surface area contributed by atoms with Gasteiger partial charge in [-0.15, -0.1) is 0 Å². The van der Waals surface area contributed by atoms with Crippen LogP contribution in [0.15, 0.2) is 24.3 Å². The molecule has 2 nitrogen and oxygen atoms in total. The number of halogens is 1. The van der Waals surface area contributed by atoms with Crippen molar-refractivity contribution in [3.05, 3.63) is 34.9 Å². The van der Waals surface area contributed by atoms with E-state index >= 15 is 0 Å². The second-order valence-corrected chi connectivity index (χ2v) is 6.25. The Kier molecular flexibility index (Phi) is 6.34. The maximum Gasteiger partial charge on any atom is 0.0967 e. The number of hydrogen-bond donors (Lipinski definition) is 1. The fraction of sp³-hybridized carbons (Fsp3) is 0.647. The van der Waals surface area contributed by atoms with E-state index in [1.54, 1.807) is 0 Å². The van der Waals surface area contributed by atoms with Gasteiger partial charge in [-0.2, -0.15) is 0 Å². The number of rotatable bonds is 6. The summed E-state index contributed by atoms with van der Waals surface area (Å²) in [6.07, 6.45) is 5.40. The number of benzene rings is 1. The Morgan fingerprint density at radius 3 is 2.85 bits per heavy atom. The molecule has 0 radical (unpaired) electrons. The third kappa shape index (κ3) is 4.47. The van der Waals surface area contributed by atoms with Gasteiger partial charge in [0.2, 0.25) is 0 Å². The predicted octanol–water partition coefficient (Wildman–Crippen LogP) is 4.59. The van der Waals surface area contributed by atoms with Crippen molar-refractivity contribution in [3.8, 4) is 0 Å². The van der Waals surface area contributed by atoms with Crippen molar-refractivity contribution in [1.82, 2.24) is 5.32 Å². The van der Waals surface area contributed by atoms with Gasteiger partial charge in [0.1, 0.15) is 0 Å². The van der Waals surface area contributed by atoms with Gasteiger partial charge in [-0.05, 0) is 31.4 Å². The van der Waals surface area contributed by atoms with Crippen molar-refractivity contribution in [2.45, 2.75) is 51.7 Å². The average Bonchev–Trinajstić information content (AvgIpc) is 2.44. The quantitative estimate of drug-likeness (QED) is 0.829. The van der Waals surface area contributed by atoms with Gasteiger partial charge in [-0.3, -0.25) is 0 Å². The predicted molar refractivity (Wildman–Crippen MR) is 85.2 cm³/mol. The maximum atomic E-state index is 6.38. The molecule has 0 aromatic heterocycles. The fourth-order valence-corrected chi connectivity index (χ4v) is 3.23. The molecule has 0 aliphatic heterocycles. The van der Waals surface area contributed by atoms with Crippen LogP contribution in [0.5, 0.6) is 0 Å². The van der Waals surface area contributed by atoms with Crippen LogP contribution in [0.4, 0.5) is 0 Å². The molecule has 1 aliphatic carbocycles. The highest BCUT2D eigenvalue weighted by atomic mass is 35.5. The van der Waals surface area contributed by atoms with E-state index in [-0.39, 0.29) is 6.10 Å². The van der Waals surface area contributed by atoms with Crippen molar-refractivity contribution < 1.29 is 4.74 Å². The van der Waals surface area contributed by atoms with Crippen LogP contribution in [0.1, 0.15) is 51.2 Å². The molecule has 1 aromatic rings. The lowest BCUT2D eigenvalue weighted by atomic mass is 9.88. The van der Waals surface area contributed by atoms with Crippen molar-refractivity contribution >= 4 is 11.6 Å². The minimum atomic E-state index is 0.0546. The first kappa shape index (κ1) is 15.8. The van der Waals surface area contributed by atoms with Crippen molar-refractivity contribution in [2.75, 3.05) is 13.1 Å². The summed E-state index contributed by atoms with van der Waals surface area (Å²) in [6.45, 7) is 6.22. The SMILES string of the molecule is CCNCC(OC1CCCC(C)C1)c1ccccc1Cl. The first-order valence-corrected chi connectivity index (χ1v) is 8.19. The van der Waals surface area contributed by atoms with E-state index in [9.17, 15) is 0 Å².